The molecule has 3 nitrogen and oxygen atoms in total. The zero-order valence-electron chi connectivity index (χ0n) is 10.2. The summed E-state index contributed by atoms with van der Waals surface area (Å²) < 4.78 is 0. The third-order valence-corrected chi connectivity index (χ3v) is 4.39. The number of rotatable bonds is 4. The number of carbonyl (C=O) groups is 1. The summed E-state index contributed by atoms with van der Waals surface area (Å²) >= 11 is 1.49. The van der Waals surface area contributed by atoms with Crippen molar-refractivity contribution < 1.29 is 4.79 Å². The van der Waals surface area contributed by atoms with Gasteiger partial charge in [0, 0.05) is 6.54 Å². The molecular formula is C12H19ClN2OS. The van der Waals surface area contributed by atoms with Crippen LogP contribution in [0.1, 0.15) is 35.0 Å². The van der Waals surface area contributed by atoms with Crippen molar-refractivity contribution in [3.05, 3.63) is 21.9 Å². The fourth-order valence-electron chi connectivity index (χ4n) is 1.96. The Labute approximate surface area is 112 Å². The largest absolute Gasteiger partial charge is 0.345 e. The Hall–Kier alpha value is -0.580. The number of aryl methyl sites for hydroxylation is 1. The zero-order valence-corrected chi connectivity index (χ0v) is 11.8. The summed E-state index contributed by atoms with van der Waals surface area (Å²) in [7, 11) is 0. The monoisotopic (exact) mass is 274 g/mol. The molecule has 1 amide bonds. The molecule has 96 valence electrons. The Balaban J connectivity index is 0.00000144. The Morgan fingerprint density at radius 2 is 2.29 bits per heavy atom. The van der Waals surface area contributed by atoms with Crippen LogP contribution in [0.4, 0.5) is 0 Å². The second kappa shape index (κ2) is 5.38. The molecule has 3 N–H and O–H groups in total. The molecule has 1 saturated carbocycles. The Morgan fingerprint density at radius 3 is 2.71 bits per heavy atom. The fourth-order valence-corrected chi connectivity index (χ4v) is 2.78. The first-order valence-electron chi connectivity index (χ1n) is 5.63. The maximum Gasteiger partial charge on any atom is 0.262 e. The molecule has 0 aliphatic heterocycles. The molecule has 0 bridgehead atoms. The number of nitrogens with two attached hydrogens (primary N) is 1. The average Bonchev–Trinajstić information content (AvgIpc) is 3.02. The van der Waals surface area contributed by atoms with E-state index in [1.165, 1.54) is 24.2 Å². The van der Waals surface area contributed by atoms with Gasteiger partial charge in [-0.1, -0.05) is 0 Å². The summed E-state index contributed by atoms with van der Waals surface area (Å²) in [5.41, 5.74) is 6.59. The van der Waals surface area contributed by atoms with Crippen LogP contribution in [0, 0.1) is 12.8 Å². The van der Waals surface area contributed by atoms with Crippen molar-refractivity contribution in [1.29, 1.82) is 0 Å². The topological polar surface area (TPSA) is 55.1 Å². The van der Waals surface area contributed by atoms with Gasteiger partial charge < -0.3 is 11.1 Å². The lowest BCUT2D eigenvalue weighted by molar-refractivity contribution is 0.0901. The fraction of sp³-hybridized carbons (Fsp3) is 0.583. The summed E-state index contributed by atoms with van der Waals surface area (Å²) in [5.74, 6) is 0.578. The van der Waals surface area contributed by atoms with E-state index >= 15 is 0 Å². The second-order valence-corrected chi connectivity index (χ2v) is 5.70. The van der Waals surface area contributed by atoms with E-state index in [4.69, 9.17) is 5.73 Å². The summed E-state index contributed by atoms with van der Waals surface area (Å²) in [5, 5.41) is 5.04. The van der Waals surface area contributed by atoms with E-state index in [9.17, 15) is 4.79 Å². The molecule has 0 radical (unpaired) electrons. The van der Waals surface area contributed by atoms with E-state index in [-0.39, 0.29) is 23.9 Å². The van der Waals surface area contributed by atoms with E-state index < -0.39 is 0 Å². The van der Waals surface area contributed by atoms with Crippen LogP contribution in [0.3, 0.4) is 0 Å². The van der Waals surface area contributed by atoms with Gasteiger partial charge in [-0.2, -0.15) is 0 Å². The molecule has 1 aliphatic rings. The summed E-state index contributed by atoms with van der Waals surface area (Å²) in [6.45, 7) is 4.52. The molecule has 1 aromatic rings. The number of hydrogen-bond donors (Lipinski definition) is 2. The third kappa shape index (κ3) is 3.00. The predicted molar refractivity (Wildman–Crippen MR) is 74.0 cm³/mol. The zero-order chi connectivity index (χ0) is 11.8. The number of nitrogens with one attached hydrogen (secondary N) is 1. The summed E-state index contributed by atoms with van der Waals surface area (Å²) in [6, 6.07) is 1.97. The highest BCUT2D eigenvalue weighted by atomic mass is 35.5. The van der Waals surface area contributed by atoms with Crippen molar-refractivity contribution >= 4 is 29.7 Å². The van der Waals surface area contributed by atoms with Gasteiger partial charge in [0.05, 0.1) is 10.4 Å². The number of halogens is 1. The van der Waals surface area contributed by atoms with Gasteiger partial charge in [-0.05, 0) is 49.6 Å². The van der Waals surface area contributed by atoms with Gasteiger partial charge in [0.2, 0.25) is 0 Å². The second-order valence-electron chi connectivity index (χ2n) is 4.78. The summed E-state index contributed by atoms with van der Waals surface area (Å²) in [6.07, 6.45) is 2.36. The highest BCUT2D eigenvalue weighted by Gasteiger charge is 2.41. The van der Waals surface area contributed by atoms with Gasteiger partial charge in [0.1, 0.15) is 0 Å². The van der Waals surface area contributed by atoms with Crippen molar-refractivity contribution in [3.63, 3.8) is 0 Å². The number of thiophene rings is 1. The van der Waals surface area contributed by atoms with Crippen LogP contribution in [0.15, 0.2) is 11.4 Å². The van der Waals surface area contributed by atoms with Crippen molar-refractivity contribution in [2.75, 3.05) is 6.54 Å². The molecule has 1 aliphatic carbocycles. The van der Waals surface area contributed by atoms with Gasteiger partial charge in [0.25, 0.3) is 5.91 Å². The molecule has 1 heterocycles. The molecule has 1 unspecified atom stereocenters. The molecule has 5 heteroatoms. The first-order valence-corrected chi connectivity index (χ1v) is 6.51. The smallest absolute Gasteiger partial charge is 0.262 e. The van der Waals surface area contributed by atoms with Crippen LogP contribution in [-0.2, 0) is 0 Å². The van der Waals surface area contributed by atoms with Crippen LogP contribution in [0.2, 0.25) is 0 Å². The Morgan fingerprint density at radius 1 is 1.65 bits per heavy atom. The minimum absolute atomic E-state index is 0. The van der Waals surface area contributed by atoms with Crippen LogP contribution >= 0.6 is 23.7 Å². The minimum atomic E-state index is -0.229. The SMILES string of the molecule is Cc1ccsc1C(=O)NC(C)(CN)C1CC1.Cl. The standard InChI is InChI=1S/C12H18N2OS.ClH/c1-8-5-6-16-10(8)11(15)14-12(2,7-13)9-3-4-9;/h5-6,9H,3-4,7,13H2,1-2H3,(H,14,15);1H. The van der Waals surface area contributed by atoms with E-state index in [0.717, 1.165) is 10.4 Å². The molecule has 2 rings (SSSR count). The number of carbonyl (C=O) groups excluding carboxylic acids is 1. The van der Waals surface area contributed by atoms with Gasteiger partial charge >= 0.3 is 0 Å². The molecule has 17 heavy (non-hydrogen) atoms. The minimum Gasteiger partial charge on any atom is -0.345 e. The molecular weight excluding hydrogens is 256 g/mol. The molecule has 0 aromatic carbocycles. The Kier molecular flexibility index (Phi) is 4.58. The van der Waals surface area contributed by atoms with E-state index in [1.54, 1.807) is 0 Å². The van der Waals surface area contributed by atoms with Crippen LogP contribution in [0.25, 0.3) is 0 Å². The molecule has 1 aromatic heterocycles. The lowest BCUT2D eigenvalue weighted by Gasteiger charge is -2.29. The lowest BCUT2D eigenvalue weighted by atomic mass is 9.96. The highest BCUT2D eigenvalue weighted by molar-refractivity contribution is 7.12. The van der Waals surface area contributed by atoms with E-state index in [0.29, 0.717) is 12.5 Å². The average molecular weight is 275 g/mol. The highest BCUT2D eigenvalue weighted by Crippen LogP contribution is 2.39. The maximum atomic E-state index is 12.1. The maximum absolute atomic E-state index is 12.1. The van der Waals surface area contributed by atoms with Crippen molar-refractivity contribution in [2.45, 2.75) is 32.2 Å². The van der Waals surface area contributed by atoms with Crippen molar-refractivity contribution in [3.8, 4) is 0 Å². The molecule has 0 spiro atoms. The first kappa shape index (κ1) is 14.5. The van der Waals surface area contributed by atoms with Crippen LogP contribution in [-0.4, -0.2) is 18.0 Å². The third-order valence-electron chi connectivity index (χ3n) is 3.37. The van der Waals surface area contributed by atoms with Gasteiger partial charge in [-0.25, -0.2) is 0 Å². The van der Waals surface area contributed by atoms with Crippen LogP contribution < -0.4 is 11.1 Å². The molecule has 0 saturated heterocycles. The number of amides is 1. The van der Waals surface area contributed by atoms with Gasteiger partial charge in [-0.15, -0.1) is 23.7 Å². The lowest BCUT2D eigenvalue weighted by Crippen LogP contribution is -2.53. The first-order chi connectivity index (χ1) is 7.57. The normalized spacial score (nSPS) is 18.1. The summed E-state index contributed by atoms with van der Waals surface area (Å²) in [4.78, 5) is 12.9. The molecule has 1 fully saturated rings. The Bertz CT molecular complexity index is 403. The van der Waals surface area contributed by atoms with Gasteiger partial charge in [-0.3, -0.25) is 4.79 Å². The van der Waals surface area contributed by atoms with Crippen molar-refractivity contribution in [2.24, 2.45) is 11.7 Å². The van der Waals surface area contributed by atoms with Crippen molar-refractivity contribution in [1.82, 2.24) is 5.32 Å². The molecule has 1 atom stereocenters. The quantitative estimate of drug-likeness (QED) is 0.885. The van der Waals surface area contributed by atoms with Gasteiger partial charge in [0.15, 0.2) is 0 Å². The predicted octanol–water partition coefficient (Wildman–Crippen LogP) is 2.34. The van der Waals surface area contributed by atoms with E-state index in [1.807, 2.05) is 25.3 Å². The van der Waals surface area contributed by atoms with E-state index in [2.05, 4.69) is 5.32 Å². The number of hydrogen-bond acceptors (Lipinski definition) is 3. The van der Waals surface area contributed by atoms with Crippen LogP contribution in [0.5, 0.6) is 0 Å².